The summed E-state index contributed by atoms with van der Waals surface area (Å²) in [6.07, 6.45) is 1.83. The van der Waals surface area contributed by atoms with E-state index < -0.39 is 0 Å². The monoisotopic (exact) mass is 182 g/mol. The van der Waals surface area contributed by atoms with Gasteiger partial charge >= 0.3 is 0 Å². The smallest absolute Gasteiger partial charge is 0.222 e. The lowest BCUT2D eigenvalue weighted by Crippen LogP contribution is -2.42. The fourth-order valence-corrected chi connectivity index (χ4v) is 2.78. The second-order valence-corrected chi connectivity index (χ2v) is 4.22. The predicted molar refractivity (Wildman–Crippen MR) is 51.4 cm³/mol. The van der Waals surface area contributed by atoms with Gasteiger partial charge < -0.3 is 10.2 Å². The number of carbonyl (C=O) groups is 1. The van der Waals surface area contributed by atoms with E-state index in [1.165, 1.54) is 6.42 Å². The molecule has 0 saturated carbocycles. The summed E-state index contributed by atoms with van der Waals surface area (Å²) < 4.78 is 0. The molecule has 2 rings (SSSR count). The number of nitrogens with zero attached hydrogens (tertiary/aromatic N) is 1. The van der Waals surface area contributed by atoms with E-state index in [2.05, 4.69) is 17.1 Å². The van der Waals surface area contributed by atoms with Crippen molar-refractivity contribution in [3.8, 4) is 0 Å². The highest BCUT2D eigenvalue weighted by molar-refractivity contribution is 5.77. The predicted octanol–water partition coefficient (Wildman–Crippen LogP) is 0.605. The van der Waals surface area contributed by atoms with Crippen LogP contribution in [0.3, 0.4) is 0 Å². The van der Waals surface area contributed by atoms with Crippen LogP contribution in [0, 0.1) is 5.92 Å². The number of fused-ring (bicyclic) bond motifs is 1. The normalized spacial score (nSPS) is 38.0. The molecule has 0 aliphatic carbocycles. The maximum atomic E-state index is 11.7. The van der Waals surface area contributed by atoms with Gasteiger partial charge in [0.25, 0.3) is 0 Å². The van der Waals surface area contributed by atoms with Gasteiger partial charge in [-0.05, 0) is 19.3 Å². The number of likely N-dealkylation sites (tertiary alicyclic amines) is 1. The molecular formula is C10H18N2O. The molecule has 0 aromatic carbocycles. The highest BCUT2D eigenvalue weighted by atomic mass is 16.2. The second kappa shape index (κ2) is 3.29. The van der Waals surface area contributed by atoms with Crippen LogP contribution in [-0.4, -0.2) is 36.0 Å². The van der Waals surface area contributed by atoms with Crippen molar-refractivity contribution in [3.63, 3.8) is 0 Å². The van der Waals surface area contributed by atoms with Gasteiger partial charge in [-0.15, -0.1) is 0 Å². The summed E-state index contributed by atoms with van der Waals surface area (Å²) in [5.41, 5.74) is 0. The fourth-order valence-electron chi connectivity index (χ4n) is 2.78. The average Bonchev–Trinajstić information content (AvgIpc) is 2.62. The summed E-state index contributed by atoms with van der Waals surface area (Å²) in [5.74, 6) is 1.04. The lowest BCUT2D eigenvalue weighted by Gasteiger charge is -2.27. The van der Waals surface area contributed by atoms with Crippen LogP contribution in [0.4, 0.5) is 0 Å². The maximum absolute atomic E-state index is 11.7. The zero-order valence-electron chi connectivity index (χ0n) is 8.42. The molecule has 2 aliphatic rings. The molecule has 0 aromatic rings. The van der Waals surface area contributed by atoms with Crippen LogP contribution in [0.25, 0.3) is 0 Å². The molecule has 0 aromatic heterocycles. The highest BCUT2D eigenvalue weighted by Gasteiger charge is 2.43. The lowest BCUT2D eigenvalue weighted by atomic mass is 10.0. The molecular weight excluding hydrogens is 164 g/mol. The third-order valence-electron chi connectivity index (χ3n) is 3.37. The Hall–Kier alpha value is -0.570. The molecule has 2 saturated heterocycles. The summed E-state index contributed by atoms with van der Waals surface area (Å²) in [5, 5.41) is 3.36. The molecule has 13 heavy (non-hydrogen) atoms. The number of nitrogens with one attached hydrogen (secondary N) is 1. The van der Waals surface area contributed by atoms with Crippen LogP contribution < -0.4 is 5.32 Å². The van der Waals surface area contributed by atoms with Gasteiger partial charge in [-0.3, -0.25) is 4.79 Å². The largest absolute Gasteiger partial charge is 0.335 e. The Balaban J connectivity index is 2.12. The van der Waals surface area contributed by atoms with Crippen molar-refractivity contribution >= 4 is 5.91 Å². The van der Waals surface area contributed by atoms with E-state index in [1.54, 1.807) is 0 Å². The Kier molecular flexibility index (Phi) is 2.28. The Morgan fingerprint density at radius 2 is 2.31 bits per heavy atom. The molecule has 0 spiro atoms. The number of hydrogen-bond acceptors (Lipinski definition) is 2. The molecule has 3 nitrogen and oxygen atoms in total. The zero-order valence-corrected chi connectivity index (χ0v) is 8.42. The summed E-state index contributed by atoms with van der Waals surface area (Å²) in [6.45, 7) is 6.22. The van der Waals surface area contributed by atoms with Crippen LogP contribution in [-0.2, 0) is 4.79 Å². The standard InChI is InChI=1S/C10H18N2O/c1-3-10(13)12-7(2)4-8-5-11-6-9(8)12/h7-9,11H,3-6H2,1-2H3. The van der Waals surface area contributed by atoms with Crippen LogP contribution in [0.5, 0.6) is 0 Å². The number of amides is 1. The van der Waals surface area contributed by atoms with E-state index in [0.29, 0.717) is 30.3 Å². The Bertz CT molecular complexity index is 217. The average molecular weight is 182 g/mol. The third-order valence-corrected chi connectivity index (χ3v) is 3.37. The van der Waals surface area contributed by atoms with Gasteiger partial charge in [0, 0.05) is 31.6 Å². The number of rotatable bonds is 1. The van der Waals surface area contributed by atoms with Gasteiger partial charge in [-0.2, -0.15) is 0 Å². The number of carbonyl (C=O) groups excluding carboxylic acids is 1. The fraction of sp³-hybridized carbons (Fsp3) is 0.900. The molecule has 2 fully saturated rings. The van der Waals surface area contributed by atoms with E-state index >= 15 is 0 Å². The Labute approximate surface area is 79.5 Å². The topological polar surface area (TPSA) is 32.3 Å². The third kappa shape index (κ3) is 1.35. The van der Waals surface area contributed by atoms with Crippen molar-refractivity contribution in [3.05, 3.63) is 0 Å². The zero-order chi connectivity index (χ0) is 9.42. The van der Waals surface area contributed by atoms with Crippen LogP contribution in [0.1, 0.15) is 26.7 Å². The second-order valence-electron chi connectivity index (χ2n) is 4.22. The summed E-state index contributed by atoms with van der Waals surface area (Å²) in [4.78, 5) is 13.8. The van der Waals surface area contributed by atoms with Crippen molar-refractivity contribution in [2.24, 2.45) is 5.92 Å². The highest BCUT2D eigenvalue weighted by Crippen LogP contribution is 2.32. The van der Waals surface area contributed by atoms with Gasteiger partial charge in [0.05, 0.1) is 0 Å². The van der Waals surface area contributed by atoms with E-state index in [9.17, 15) is 4.79 Å². The minimum Gasteiger partial charge on any atom is -0.335 e. The van der Waals surface area contributed by atoms with Gasteiger partial charge in [-0.25, -0.2) is 0 Å². The maximum Gasteiger partial charge on any atom is 0.222 e. The van der Waals surface area contributed by atoms with Gasteiger partial charge in [0.1, 0.15) is 0 Å². The van der Waals surface area contributed by atoms with Crippen molar-refractivity contribution in [1.82, 2.24) is 10.2 Å². The molecule has 1 N–H and O–H groups in total. The first-order valence-corrected chi connectivity index (χ1v) is 5.26. The molecule has 0 radical (unpaired) electrons. The van der Waals surface area contributed by atoms with E-state index in [4.69, 9.17) is 0 Å². The summed E-state index contributed by atoms with van der Waals surface area (Å²) >= 11 is 0. The van der Waals surface area contributed by atoms with Gasteiger partial charge in [0.2, 0.25) is 5.91 Å². The molecule has 3 unspecified atom stereocenters. The molecule has 3 heteroatoms. The minimum atomic E-state index is 0.323. The van der Waals surface area contributed by atoms with Gasteiger partial charge in [0.15, 0.2) is 0 Å². The van der Waals surface area contributed by atoms with E-state index in [-0.39, 0.29) is 0 Å². The SMILES string of the molecule is CCC(=O)N1C(C)CC2CNCC21. The van der Waals surface area contributed by atoms with Crippen LogP contribution in [0.2, 0.25) is 0 Å². The molecule has 1 amide bonds. The molecule has 2 aliphatic heterocycles. The number of hydrogen-bond donors (Lipinski definition) is 1. The lowest BCUT2D eigenvalue weighted by molar-refractivity contribution is -0.133. The molecule has 74 valence electrons. The summed E-state index contributed by atoms with van der Waals surface area (Å²) in [7, 11) is 0. The quantitative estimate of drug-likeness (QED) is 0.644. The Morgan fingerprint density at radius 1 is 1.54 bits per heavy atom. The van der Waals surface area contributed by atoms with Crippen molar-refractivity contribution in [2.75, 3.05) is 13.1 Å². The molecule has 0 bridgehead atoms. The molecule has 3 atom stereocenters. The first-order valence-electron chi connectivity index (χ1n) is 5.26. The first kappa shape index (κ1) is 9.00. The van der Waals surface area contributed by atoms with Crippen LogP contribution in [0.15, 0.2) is 0 Å². The van der Waals surface area contributed by atoms with Crippen molar-refractivity contribution in [2.45, 2.75) is 38.8 Å². The van der Waals surface area contributed by atoms with Crippen molar-refractivity contribution in [1.29, 1.82) is 0 Å². The summed E-state index contributed by atoms with van der Waals surface area (Å²) in [6, 6.07) is 0.951. The molecule has 2 heterocycles. The van der Waals surface area contributed by atoms with Crippen molar-refractivity contribution < 1.29 is 4.79 Å². The minimum absolute atomic E-state index is 0.323. The van der Waals surface area contributed by atoms with E-state index in [1.807, 2.05) is 6.92 Å². The van der Waals surface area contributed by atoms with E-state index in [0.717, 1.165) is 13.1 Å². The van der Waals surface area contributed by atoms with Crippen LogP contribution >= 0.6 is 0 Å². The first-order chi connectivity index (χ1) is 6.24. The van der Waals surface area contributed by atoms with Gasteiger partial charge in [-0.1, -0.05) is 6.92 Å². The Morgan fingerprint density at radius 3 is 3.00 bits per heavy atom.